The standard InChI is InChI=1S/C13H14N2O3S/c1-15(6-8-4-5-18-7-8)13-14-11-9(12(16)17)2-3-10(11)19-13/h4-5,7,9H,2-3,6H2,1H3,(H,16,17). The summed E-state index contributed by atoms with van der Waals surface area (Å²) in [5.74, 6) is -1.20. The maximum Gasteiger partial charge on any atom is 0.312 e. The first-order valence-corrected chi connectivity index (χ1v) is 6.91. The average Bonchev–Trinajstić information content (AvgIpc) is 3.02. The van der Waals surface area contributed by atoms with Crippen molar-refractivity contribution in [3.05, 3.63) is 34.7 Å². The molecule has 0 aromatic carbocycles. The highest BCUT2D eigenvalue weighted by molar-refractivity contribution is 7.15. The second-order valence-electron chi connectivity index (χ2n) is 4.72. The van der Waals surface area contributed by atoms with Crippen molar-refractivity contribution in [2.75, 3.05) is 11.9 Å². The van der Waals surface area contributed by atoms with Gasteiger partial charge >= 0.3 is 5.97 Å². The lowest BCUT2D eigenvalue weighted by Gasteiger charge is -2.14. The van der Waals surface area contributed by atoms with Crippen LogP contribution in [0.15, 0.2) is 23.0 Å². The monoisotopic (exact) mass is 278 g/mol. The number of aryl methyl sites for hydroxylation is 1. The van der Waals surface area contributed by atoms with Crippen molar-refractivity contribution in [3.63, 3.8) is 0 Å². The van der Waals surface area contributed by atoms with E-state index < -0.39 is 11.9 Å². The lowest BCUT2D eigenvalue weighted by Crippen LogP contribution is -2.16. The Balaban J connectivity index is 1.80. The quantitative estimate of drug-likeness (QED) is 0.930. The Labute approximate surface area is 114 Å². The second kappa shape index (κ2) is 4.70. The first-order chi connectivity index (χ1) is 9.15. The van der Waals surface area contributed by atoms with E-state index in [0.29, 0.717) is 13.0 Å². The van der Waals surface area contributed by atoms with Gasteiger partial charge in [0.2, 0.25) is 0 Å². The summed E-state index contributed by atoms with van der Waals surface area (Å²) in [5.41, 5.74) is 1.83. The summed E-state index contributed by atoms with van der Waals surface area (Å²) in [5, 5.41) is 10.0. The molecular weight excluding hydrogens is 264 g/mol. The molecule has 1 aliphatic rings. The predicted molar refractivity (Wildman–Crippen MR) is 71.6 cm³/mol. The molecule has 2 heterocycles. The molecule has 0 radical (unpaired) electrons. The lowest BCUT2D eigenvalue weighted by molar-refractivity contribution is -0.138. The summed E-state index contributed by atoms with van der Waals surface area (Å²) >= 11 is 1.59. The minimum atomic E-state index is -0.770. The molecule has 0 amide bonds. The number of aromatic nitrogens is 1. The number of carboxylic acid groups (broad SMARTS) is 1. The summed E-state index contributed by atoms with van der Waals surface area (Å²) < 4.78 is 5.04. The van der Waals surface area contributed by atoms with Crippen molar-refractivity contribution >= 4 is 22.4 Å². The molecule has 0 fully saturated rings. The molecule has 0 saturated carbocycles. The van der Waals surface area contributed by atoms with E-state index in [1.165, 1.54) is 0 Å². The molecule has 100 valence electrons. The Hall–Kier alpha value is -1.82. The van der Waals surface area contributed by atoms with Crippen LogP contribution in [-0.4, -0.2) is 23.1 Å². The van der Waals surface area contributed by atoms with Crippen LogP contribution in [-0.2, 0) is 17.8 Å². The third-order valence-electron chi connectivity index (χ3n) is 3.33. The van der Waals surface area contributed by atoms with Crippen LogP contribution in [0.25, 0.3) is 0 Å². The van der Waals surface area contributed by atoms with Gasteiger partial charge in [0.15, 0.2) is 5.13 Å². The molecular formula is C13H14N2O3S. The number of aliphatic carboxylic acids is 1. The summed E-state index contributed by atoms with van der Waals surface area (Å²) in [6.45, 7) is 0.709. The van der Waals surface area contributed by atoms with Gasteiger partial charge in [0.1, 0.15) is 5.92 Å². The van der Waals surface area contributed by atoms with Crippen LogP contribution in [0.4, 0.5) is 5.13 Å². The highest BCUT2D eigenvalue weighted by Gasteiger charge is 2.32. The van der Waals surface area contributed by atoms with E-state index in [1.54, 1.807) is 23.9 Å². The minimum absolute atomic E-state index is 0.428. The summed E-state index contributed by atoms with van der Waals surface area (Å²) in [6.07, 6.45) is 4.85. The van der Waals surface area contributed by atoms with Gasteiger partial charge in [-0.25, -0.2) is 4.98 Å². The van der Waals surface area contributed by atoms with E-state index in [1.807, 2.05) is 18.0 Å². The number of anilines is 1. The van der Waals surface area contributed by atoms with Crippen molar-refractivity contribution in [2.45, 2.75) is 25.3 Å². The zero-order valence-corrected chi connectivity index (χ0v) is 11.3. The molecule has 0 bridgehead atoms. The normalized spacial score (nSPS) is 17.4. The van der Waals surface area contributed by atoms with Crippen LogP contribution in [0.3, 0.4) is 0 Å². The molecule has 19 heavy (non-hydrogen) atoms. The van der Waals surface area contributed by atoms with Crippen LogP contribution in [0, 0.1) is 0 Å². The highest BCUT2D eigenvalue weighted by atomic mass is 32.1. The maximum atomic E-state index is 11.1. The number of hydrogen-bond donors (Lipinski definition) is 1. The second-order valence-corrected chi connectivity index (χ2v) is 5.78. The zero-order chi connectivity index (χ0) is 13.4. The maximum absolute atomic E-state index is 11.1. The third-order valence-corrected chi connectivity index (χ3v) is 4.58. The van der Waals surface area contributed by atoms with Crippen molar-refractivity contribution < 1.29 is 14.3 Å². The Morgan fingerprint density at radius 3 is 3.21 bits per heavy atom. The van der Waals surface area contributed by atoms with E-state index in [-0.39, 0.29) is 0 Å². The molecule has 1 atom stereocenters. The molecule has 0 spiro atoms. The smallest absolute Gasteiger partial charge is 0.312 e. The van der Waals surface area contributed by atoms with Gasteiger partial charge in [0.25, 0.3) is 0 Å². The van der Waals surface area contributed by atoms with E-state index in [9.17, 15) is 4.79 Å². The van der Waals surface area contributed by atoms with Crippen molar-refractivity contribution in [1.29, 1.82) is 0 Å². The van der Waals surface area contributed by atoms with Crippen LogP contribution >= 0.6 is 11.3 Å². The Morgan fingerprint density at radius 1 is 1.68 bits per heavy atom. The molecule has 1 N–H and O–H groups in total. The van der Waals surface area contributed by atoms with Gasteiger partial charge in [0, 0.05) is 24.0 Å². The first kappa shape index (κ1) is 12.2. The SMILES string of the molecule is CN(Cc1ccoc1)c1nc2c(s1)CCC2C(=O)O. The van der Waals surface area contributed by atoms with Crippen molar-refractivity contribution in [2.24, 2.45) is 0 Å². The van der Waals surface area contributed by atoms with E-state index in [4.69, 9.17) is 9.52 Å². The van der Waals surface area contributed by atoms with Crippen LogP contribution in [0.1, 0.15) is 28.5 Å². The number of nitrogens with zero attached hydrogens (tertiary/aromatic N) is 2. The summed E-state index contributed by atoms with van der Waals surface area (Å²) in [6, 6.07) is 1.91. The molecule has 1 aliphatic carbocycles. The minimum Gasteiger partial charge on any atom is -0.481 e. The lowest BCUT2D eigenvalue weighted by atomic mass is 10.1. The van der Waals surface area contributed by atoms with Crippen LogP contribution < -0.4 is 4.90 Å². The van der Waals surface area contributed by atoms with Crippen molar-refractivity contribution in [3.8, 4) is 0 Å². The number of carbonyl (C=O) groups is 1. The van der Waals surface area contributed by atoms with Gasteiger partial charge in [-0.15, -0.1) is 11.3 Å². The zero-order valence-electron chi connectivity index (χ0n) is 10.5. The van der Waals surface area contributed by atoms with Gasteiger partial charge in [0.05, 0.1) is 18.2 Å². The Morgan fingerprint density at radius 2 is 2.53 bits per heavy atom. The molecule has 3 rings (SSSR count). The topological polar surface area (TPSA) is 66.6 Å². The number of carboxylic acids is 1. The Kier molecular flexibility index (Phi) is 3.02. The van der Waals surface area contributed by atoms with E-state index in [2.05, 4.69) is 4.98 Å². The number of rotatable bonds is 4. The van der Waals surface area contributed by atoms with Crippen LogP contribution in [0.2, 0.25) is 0 Å². The summed E-state index contributed by atoms with van der Waals surface area (Å²) in [7, 11) is 1.96. The van der Waals surface area contributed by atoms with Gasteiger partial charge in [-0.1, -0.05) is 0 Å². The fourth-order valence-electron chi connectivity index (χ4n) is 2.34. The molecule has 2 aromatic rings. The molecule has 2 aromatic heterocycles. The number of hydrogen-bond acceptors (Lipinski definition) is 5. The first-order valence-electron chi connectivity index (χ1n) is 6.10. The van der Waals surface area contributed by atoms with Gasteiger partial charge in [-0.2, -0.15) is 0 Å². The fourth-order valence-corrected chi connectivity index (χ4v) is 3.44. The number of thiazole rings is 1. The van der Waals surface area contributed by atoms with E-state index >= 15 is 0 Å². The number of fused-ring (bicyclic) bond motifs is 1. The van der Waals surface area contributed by atoms with Crippen LogP contribution in [0.5, 0.6) is 0 Å². The third kappa shape index (κ3) is 2.23. The van der Waals surface area contributed by atoms with Gasteiger partial charge < -0.3 is 14.4 Å². The predicted octanol–water partition coefficient (Wildman–Crippen LogP) is 2.49. The average molecular weight is 278 g/mol. The molecule has 1 unspecified atom stereocenters. The van der Waals surface area contributed by atoms with E-state index in [0.717, 1.165) is 27.7 Å². The van der Waals surface area contributed by atoms with Crippen molar-refractivity contribution in [1.82, 2.24) is 4.98 Å². The summed E-state index contributed by atoms with van der Waals surface area (Å²) in [4.78, 5) is 18.8. The molecule has 6 heteroatoms. The van der Waals surface area contributed by atoms with Gasteiger partial charge in [-0.05, 0) is 18.9 Å². The largest absolute Gasteiger partial charge is 0.481 e. The fraction of sp³-hybridized carbons (Fsp3) is 0.385. The highest BCUT2D eigenvalue weighted by Crippen LogP contribution is 2.39. The molecule has 5 nitrogen and oxygen atoms in total. The number of furan rings is 1. The van der Waals surface area contributed by atoms with Gasteiger partial charge in [-0.3, -0.25) is 4.79 Å². The molecule has 0 saturated heterocycles. The molecule has 0 aliphatic heterocycles. The Bertz CT molecular complexity index is 591.